The number of aliphatic hydroxyl groups excluding tert-OH is 1. The molecule has 1 atom stereocenters. The van der Waals surface area contributed by atoms with Crippen molar-refractivity contribution in [3.63, 3.8) is 0 Å². The highest BCUT2D eigenvalue weighted by Crippen LogP contribution is 2.45. The zero-order chi connectivity index (χ0) is 34.2. The SMILES string of the molecule is CCCCOc1ccc(C(O)=C2C(=O)C(=O)N(c3nnc(SCc4ccc(F)cc4)s3)[C@H]2c2ccc(OCCC(C)C)c(OC)c2)cc1. The van der Waals surface area contributed by atoms with Crippen LogP contribution >= 0.6 is 23.1 Å². The second-order valence-corrected chi connectivity index (χ2v) is 13.8. The Morgan fingerprint density at radius 1 is 1.00 bits per heavy atom. The standard InChI is InChI=1S/C36H38FN3O6S2/c1-5-6-18-45-27-14-9-24(10-15-27)32(41)30-31(25-11-16-28(29(20-25)44-4)46-19-17-22(2)3)40(34(43)33(30)42)35-38-39-36(48-35)47-21-23-7-12-26(37)13-8-23/h7-16,20,22,31,41H,5-6,17-19,21H2,1-4H3/t31-/m0/s1. The number of nitrogens with zero attached hydrogens (tertiary/aromatic N) is 3. The molecule has 12 heteroatoms. The lowest BCUT2D eigenvalue weighted by Gasteiger charge is -2.23. The molecule has 1 fully saturated rings. The van der Waals surface area contributed by atoms with Crippen LogP contribution in [0.5, 0.6) is 17.2 Å². The molecule has 0 unspecified atom stereocenters. The highest BCUT2D eigenvalue weighted by Gasteiger charge is 2.48. The van der Waals surface area contributed by atoms with Gasteiger partial charge in [0.05, 0.1) is 31.9 Å². The summed E-state index contributed by atoms with van der Waals surface area (Å²) in [7, 11) is 1.52. The summed E-state index contributed by atoms with van der Waals surface area (Å²) < 4.78 is 31.3. The first kappa shape index (κ1) is 34.9. The highest BCUT2D eigenvalue weighted by atomic mass is 32.2. The second-order valence-electron chi connectivity index (χ2n) is 11.6. The van der Waals surface area contributed by atoms with E-state index in [9.17, 15) is 19.1 Å². The van der Waals surface area contributed by atoms with Crippen molar-refractivity contribution in [2.24, 2.45) is 5.92 Å². The number of halogens is 1. The van der Waals surface area contributed by atoms with Crippen molar-refractivity contribution < 1.29 is 33.3 Å². The van der Waals surface area contributed by atoms with Gasteiger partial charge in [0.25, 0.3) is 5.78 Å². The number of ketones is 1. The molecule has 1 saturated heterocycles. The van der Waals surface area contributed by atoms with E-state index in [2.05, 4.69) is 31.0 Å². The maximum Gasteiger partial charge on any atom is 0.301 e. The second kappa shape index (κ2) is 16.1. The molecule has 0 spiro atoms. The lowest BCUT2D eigenvalue weighted by Crippen LogP contribution is -2.29. The van der Waals surface area contributed by atoms with Crippen LogP contribution in [0.4, 0.5) is 9.52 Å². The number of Topliss-reactive ketones (excluding diaryl/α,β-unsaturated/α-hetero) is 1. The first-order chi connectivity index (χ1) is 23.2. The fourth-order valence-corrected chi connectivity index (χ4v) is 6.83. The van der Waals surface area contributed by atoms with Gasteiger partial charge in [-0.2, -0.15) is 0 Å². The van der Waals surface area contributed by atoms with Crippen molar-refractivity contribution in [2.45, 2.75) is 56.2 Å². The summed E-state index contributed by atoms with van der Waals surface area (Å²) in [4.78, 5) is 28.7. The van der Waals surface area contributed by atoms with Crippen LogP contribution in [0.3, 0.4) is 0 Å². The van der Waals surface area contributed by atoms with Crippen LogP contribution in [0.25, 0.3) is 5.76 Å². The van der Waals surface area contributed by atoms with Crippen molar-refractivity contribution in [1.82, 2.24) is 10.2 Å². The normalized spacial score (nSPS) is 15.7. The smallest absolute Gasteiger partial charge is 0.301 e. The van der Waals surface area contributed by atoms with Crippen LogP contribution < -0.4 is 19.1 Å². The highest BCUT2D eigenvalue weighted by molar-refractivity contribution is 8.00. The number of ether oxygens (including phenoxy) is 3. The number of hydrogen-bond acceptors (Lipinski definition) is 10. The molecule has 9 nitrogen and oxygen atoms in total. The van der Waals surface area contributed by atoms with Crippen molar-refractivity contribution in [3.05, 3.63) is 94.8 Å². The lowest BCUT2D eigenvalue weighted by molar-refractivity contribution is -0.132. The van der Waals surface area contributed by atoms with Crippen LogP contribution in [-0.2, 0) is 15.3 Å². The molecular formula is C36H38FN3O6S2. The van der Waals surface area contributed by atoms with Crippen molar-refractivity contribution in [1.29, 1.82) is 0 Å². The summed E-state index contributed by atoms with van der Waals surface area (Å²) >= 11 is 2.52. The van der Waals surface area contributed by atoms with E-state index in [0.717, 1.165) is 36.2 Å². The number of benzene rings is 3. The molecule has 1 aromatic heterocycles. The Hall–Kier alpha value is -4.42. The number of rotatable bonds is 15. The zero-order valence-electron chi connectivity index (χ0n) is 27.3. The topological polar surface area (TPSA) is 111 Å². The van der Waals surface area contributed by atoms with Gasteiger partial charge in [-0.1, -0.05) is 68.5 Å². The number of thioether (sulfide) groups is 1. The Balaban J connectivity index is 1.52. The minimum absolute atomic E-state index is 0.0918. The Bertz CT molecular complexity index is 1760. The van der Waals surface area contributed by atoms with E-state index in [1.807, 2.05) is 0 Å². The summed E-state index contributed by atoms with van der Waals surface area (Å²) in [5.74, 6) is 0.192. The van der Waals surface area contributed by atoms with Gasteiger partial charge in [0, 0.05) is 11.3 Å². The van der Waals surface area contributed by atoms with Gasteiger partial charge >= 0.3 is 5.91 Å². The van der Waals surface area contributed by atoms with E-state index < -0.39 is 17.7 Å². The van der Waals surface area contributed by atoms with Gasteiger partial charge in [0.2, 0.25) is 5.13 Å². The zero-order valence-corrected chi connectivity index (χ0v) is 28.9. The summed E-state index contributed by atoms with van der Waals surface area (Å²) in [6, 6.07) is 17.1. The first-order valence-corrected chi connectivity index (χ1v) is 17.6. The lowest BCUT2D eigenvalue weighted by atomic mass is 9.95. The quantitative estimate of drug-likeness (QED) is 0.0329. The number of aliphatic hydroxyl groups is 1. The molecular weight excluding hydrogens is 654 g/mol. The van der Waals surface area contributed by atoms with Crippen molar-refractivity contribution >= 4 is 45.7 Å². The van der Waals surface area contributed by atoms with Gasteiger partial charge in [0.15, 0.2) is 15.8 Å². The number of carbonyl (C=O) groups excluding carboxylic acids is 2. The number of unbranched alkanes of at least 4 members (excludes halogenated alkanes) is 1. The van der Waals surface area contributed by atoms with Crippen LogP contribution in [0, 0.1) is 11.7 Å². The van der Waals surface area contributed by atoms with Crippen LogP contribution in [0.1, 0.15) is 62.8 Å². The van der Waals surface area contributed by atoms with Gasteiger partial charge in [-0.3, -0.25) is 14.5 Å². The molecule has 0 radical (unpaired) electrons. The van der Waals surface area contributed by atoms with Crippen LogP contribution in [0.2, 0.25) is 0 Å². The maximum absolute atomic E-state index is 13.7. The van der Waals surface area contributed by atoms with E-state index in [1.54, 1.807) is 54.6 Å². The van der Waals surface area contributed by atoms with E-state index in [4.69, 9.17) is 14.2 Å². The van der Waals surface area contributed by atoms with Gasteiger partial charge < -0.3 is 19.3 Å². The third-order valence-electron chi connectivity index (χ3n) is 7.67. The number of anilines is 1. The van der Waals surface area contributed by atoms with E-state index in [1.165, 1.54) is 35.9 Å². The summed E-state index contributed by atoms with van der Waals surface area (Å²) in [5, 5.41) is 20.3. The molecule has 1 N–H and O–H groups in total. The Morgan fingerprint density at radius 3 is 2.44 bits per heavy atom. The maximum atomic E-state index is 13.7. The molecule has 0 aliphatic carbocycles. The largest absolute Gasteiger partial charge is 0.507 e. The average molecular weight is 692 g/mol. The number of hydrogen-bond donors (Lipinski definition) is 1. The van der Waals surface area contributed by atoms with E-state index in [0.29, 0.717) is 57.6 Å². The molecule has 5 rings (SSSR count). The molecule has 1 aliphatic heterocycles. The summed E-state index contributed by atoms with van der Waals surface area (Å²) in [6.07, 6.45) is 2.76. The number of amides is 1. The predicted molar refractivity (Wildman–Crippen MR) is 185 cm³/mol. The molecule has 1 aliphatic rings. The Morgan fingerprint density at radius 2 is 1.75 bits per heavy atom. The van der Waals surface area contributed by atoms with Crippen LogP contribution in [-0.4, -0.2) is 47.3 Å². The molecule has 1 amide bonds. The van der Waals surface area contributed by atoms with Gasteiger partial charge in [-0.25, -0.2) is 4.39 Å². The molecule has 48 heavy (non-hydrogen) atoms. The molecule has 0 saturated carbocycles. The minimum Gasteiger partial charge on any atom is -0.507 e. The molecule has 0 bridgehead atoms. The number of carbonyl (C=O) groups is 2. The average Bonchev–Trinajstić information content (AvgIpc) is 3.66. The van der Waals surface area contributed by atoms with Crippen LogP contribution in [0.15, 0.2) is 76.6 Å². The van der Waals surface area contributed by atoms with Gasteiger partial charge in [-0.05, 0) is 78.4 Å². The Labute approximate surface area is 287 Å². The van der Waals surface area contributed by atoms with Gasteiger partial charge in [-0.15, -0.1) is 10.2 Å². The predicted octanol–water partition coefficient (Wildman–Crippen LogP) is 8.21. The number of aromatic nitrogens is 2. The number of methoxy groups -OCH3 is 1. The summed E-state index contributed by atoms with van der Waals surface area (Å²) in [5.41, 5.74) is 1.67. The summed E-state index contributed by atoms with van der Waals surface area (Å²) in [6.45, 7) is 7.36. The fraction of sp³-hybridized carbons (Fsp3) is 0.333. The third kappa shape index (κ3) is 8.16. The first-order valence-electron chi connectivity index (χ1n) is 15.8. The van der Waals surface area contributed by atoms with E-state index in [-0.39, 0.29) is 22.3 Å². The Kier molecular flexibility index (Phi) is 11.7. The molecule has 3 aromatic carbocycles. The fourth-order valence-electron chi connectivity index (χ4n) is 5.01. The molecule has 2 heterocycles. The molecule has 4 aromatic rings. The van der Waals surface area contributed by atoms with Gasteiger partial charge in [0.1, 0.15) is 17.3 Å². The third-order valence-corrected chi connectivity index (χ3v) is 9.80. The van der Waals surface area contributed by atoms with Crippen molar-refractivity contribution in [3.8, 4) is 17.2 Å². The monoisotopic (exact) mass is 691 g/mol. The van der Waals surface area contributed by atoms with E-state index >= 15 is 0 Å². The minimum atomic E-state index is -1.04. The molecule has 252 valence electrons. The van der Waals surface area contributed by atoms with Crippen molar-refractivity contribution in [2.75, 3.05) is 25.2 Å².